The number of rotatable bonds is 3. The van der Waals surface area contributed by atoms with Gasteiger partial charge in [-0.2, -0.15) is 0 Å². The van der Waals surface area contributed by atoms with E-state index in [1.165, 1.54) is 18.2 Å². The second-order valence-corrected chi connectivity index (χ2v) is 4.97. The van der Waals surface area contributed by atoms with E-state index >= 15 is 0 Å². The molecule has 1 fully saturated rings. The monoisotopic (exact) mass is 338 g/mol. The summed E-state index contributed by atoms with van der Waals surface area (Å²) in [6.45, 7) is 1.67. The zero-order valence-corrected chi connectivity index (χ0v) is 12.8. The van der Waals surface area contributed by atoms with Crippen LogP contribution < -0.4 is 10.1 Å². The molecule has 1 heterocycles. The van der Waals surface area contributed by atoms with E-state index in [2.05, 4.69) is 10.1 Å². The minimum atomic E-state index is -4.76. The molecule has 8 heteroatoms. The number of hydrogen-bond donors (Lipinski definition) is 1. The van der Waals surface area contributed by atoms with Crippen molar-refractivity contribution in [3.05, 3.63) is 29.8 Å². The summed E-state index contributed by atoms with van der Waals surface area (Å²) in [7, 11) is 1.68. The minimum Gasteiger partial charge on any atom is -0.406 e. The van der Waals surface area contributed by atoms with Crippen LogP contribution in [0.3, 0.4) is 0 Å². The lowest BCUT2D eigenvalue weighted by Crippen LogP contribution is -2.43. The maximum atomic E-state index is 12.3. The molecular formula is C14H18ClF3N2O2. The molecule has 1 N–H and O–H groups in total. The number of alkyl halides is 3. The highest BCUT2D eigenvalue weighted by Gasteiger charge is 2.31. The maximum absolute atomic E-state index is 12.3. The molecule has 0 saturated carbocycles. The third-order valence-corrected chi connectivity index (χ3v) is 3.49. The summed E-state index contributed by atoms with van der Waals surface area (Å²) in [5.74, 6) is -0.679. The normalized spacial score (nSPS) is 15.8. The Labute approximate surface area is 133 Å². The first-order valence-electron chi connectivity index (χ1n) is 6.70. The molecule has 1 aromatic carbocycles. The van der Waals surface area contributed by atoms with Crippen molar-refractivity contribution < 1.29 is 22.7 Å². The molecule has 1 amide bonds. The van der Waals surface area contributed by atoms with Gasteiger partial charge in [-0.15, -0.1) is 25.6 Å². The molecule has 124 valence electrons. The molecule has 0 aromatic heterocycles. The van der Waals surface area contributed by atoms with Crippen LogP contribution in [-0.4, -0.2) is 43.3 Å². The largest absolute Gasteiger partial charge is 0.573 e. The summed E-state index contributed by atoms with van der Waals surface area (Å²) in [5.41, 5.74) is 0.192. The van der Waals surface area contributed by atoms with E-state index in [-0.39, 0.29) is 35.7 Å². The standard InChI is InChI=1S/C14H17F3N2O2.ClH/c1-19(11-5-7-18-8-6-11)13(20)10-3-2-4-12(9-10)21-14(15,16)17;/h2-4,9,11,18H,5-8H2,1H3;1H. The van der Waals surface area contributed by atoms with Crippen molar-refractivity contribution in [2.24, 2.45) is 0 Å². The predicted octanol–water partition coefficient (Wildman–Crippen LogP) is 2.83. The summed E-state index contributed by atoms with van der Waals surface area (Å²) in [4.78, 5) is 13.9. The van der Waals surface area contributed by atoms with Crippen LogP contribution in [0, 0.1) is 0 Å². The van der Waals surface area contributed by atoms with Gasteiger partial charge in [-0.1, -0.05) is 6.07 Å². The lowest BCUT2D eigenvalue weighted by molar-refractivity contribution is -0.274. The van der Waals surface area contributed by atoms with Crippen LogP contribution >= 0.6 is 12.4 Å². The summed E-state index contributed by atoms with van der Waals surface area (Å²) in [6, 6.07) is 5.27. The van der Waals surface area contributed by atoms with Crippen LogP contribution in [0.2, 0.25) is 0 Å². The highest BCUT2D eigenvalue weighted by atomic mass is 35.5. The summed E-state index contributed by atoms with van der Waals surface area (Å²) >= 11 is 0. The zero-order chi connectivity index (χ0) is 15.5. The van der Waals surface area contributed by atoms with Crippen LogP contribution in [0.1, 0.15) is 23.2 Å². The van der Waals surface area contributed by atoms with Gasteiger partial charge in [-0.25, -0.2) is 0 Å². The van der Waals surface area contributed by atoms with Crippen molar-refractivity contribution in [1.82, 2.24) is 10.2 Å². The Balaban J connectivity index is 0.00000242. The van der Waals surface area contributed by atoms with Gasteiger partial charge in [-0.3, -0.25) is 4.79 Å². The molecule has 1 aliphatic rings. The Bertz CT molecular complexity index is 505. The zero-order valence-electron chi connectivity index (χ0n) is 12.0. The van der Waals surface area contributed by atoms with E-state index in [0.29, 0.717) is 0 Å². The Morgan fingerprint density at radius 1 is 1.32 bits per heavy atom. The quantitative estimate of drug-likeness (QED) is 0.921. The van der Waals surface area contributed by atoms with Crippen molar-refractivity contribution in [3.8, 4) is 5.75 Å². The first kappa shape index (κ1) is 18.6. The maximum Gasteiger partial charge on any atom is 0.573 e. The molecule has 1 saturated heterocycles. The Kier molecular flexibility index (Phi) is 6.49. The number of nitrogens with zero attached hydrogens (tertiary/aromatic N) is 1. The third kappa shape index (κ3) is 5.06. The van der Waals surface area contributed by atoms with Gasteiger partial charge >= 0.3 is 6.36 Å². The topological polar surface area (TPSA) is 41.6 Å². The fourth-order valence-electron chi connectivity index (χ4n) is 2.39. The summed E-state index contributed by atoms with van der Waals surface area (Å²) < 4.78 is 40.4. The molecule has 4 nitrogen and oxygen atoms in total. The number of ether oxygens (including phenoxy) is 1. The first-order chi connectivity index (χ1) is 9.87. The molecule has 0 unspecified atom stereocenters. The molecule has 0 spiro atoms. The molecule has 0 radical (unpaired) electrons. The predicted molar refractivity (Wildman–Crippen MR) is 78.4 cm³/mol. The van der Waals surface area contributed by atoms with Gasteiger partial charge in [0.2, 0.25) is 0 Å². The summed E-state index contributed by atoms with van der Waals surface area (Å²) in [6.07, 6.45) is -3.09. The molecule has 1 aliphatic heterocycles. The molecular weight excluding hydrogens is 321 g/mol. The molecule has 0 bridgehead atoms. The average molecular weight is 339 g/mol. The second kappa shape index (κ2) is 7.69. The van der Waals surface area contributed by atoms with Gasteiger partial charge in [0, 0.05) is 18.7 Å². The molecule has 2 rings (SSSR count). The fraction of sp³-hybridized carbons (Fsp3) is 0.500. The van der Waals surface area contributed by atoms with E-state index in [4.69, 9.17) is 0 Å². The van der Waals surface area contributed by atoms with E-state index in [1.54, 1.807) is 11.9 Å². The Morgan fingerprint density at radius 3 is 2.55 bits per heavy atom. The van der Waals surface area contributed by atoms with Gasteiger partial charge < -0.3 is 15.0 Å². The van der Waals surface area contributed by atoms with Gasteiger partial charge in [0.05, 0.1) is 0 Å². The van der Waals surface area contributed by atoms with Crippen molar-refractivity contribution in [1.29, 1.82) is 0 Å². The summed E-state index contributed by atoms with van der Waals surface area (Å²) in [5, 5.41) is 3.20. The lowest BCUT2D eigenvalue weighted by atomic mass is 10.0. The lowest BCUT2D eigenvalue weighted by Gasteiger charge is -2.31. The Hall–Kier alpha value is -1.47. The highest BCUT2D eigenvalue weighted by Crippen LogP contribution is 2.24. The fourth-order valence-corrected chi connectivity index (χ4v) is 2.39. The van der Waals surface area contributed by atoms with E-state index < -0.39 is 6.36 Å². The number of amides is 1. The highest BCUT2D eigenvalue weighted by molar-refractivity contribution is 5.94. The number of hydrogen-bond acceptors (Lipinski definition) is 3. The van der Waals surface area contributed by atoms with Crippen LogP contribution in [-0.2, 0) is 0 Å². The van der Waals surface area contributed by atoms with Gasteiger partial charge in [-0.05, 0) is 44.1 Å². The van der Waals surface area contributed by atoms with Gasteiger partial charge in [0.25, 0.3) is 5.91 Å². The van der Waals surface area contributed by atoms with E-state index in [1.807, 2.05) is 0 Å². The smallest absolute Gasteiger partial charge is 0.406 e. The number of carbonyl (C=O) groups excluding carboxylic acids is 1. The molecule has 0 aliphatic carbocycles. The van der Waals surface area contributed by atoms with Crippen LogP contribution in [0.5, 0.6) is 5.75 Å². The SMILES string of the molecule is CN(C(=O)c1cccc(OC(F)(F)F)c1)C1CCNCC1.Cl. The van der Waals surface area contributed by atoms with Crippen LogP contribution in [0.25, 0.3) is 0 Å². The average Bonchev–Trinajstić information content (AvgIpc) is 2.45. The van der Waals surface area contributed by atoms with Gasteiger partial charge in [0.1, 0.15) is 5.75 Å². The number of halogens is 4. The van der Waals surface area contributed by atoms with Crippen molar-refractivity contribution in [2.75, 3.05) is 20.1 Å². The third-order valence-electron chi connectivity index (χ3n) is 3.49. The number of piperidine rings is 1. The molecule has 22 heavy (non-hydrogen) atoms. The number of carbonyl (C=O) groups is 1. The molecule has 1 aromatic rings. The number of benzene rings is 1. The van der Waals surface area contributed by atoms with Crippen molar-refractivity contribution in [3.63, 3.8) is 0 Å². The van der Waals surface area contributed by atoms with Crippen LogP contribution in [0.4, 0.5) is 13.2 Å². The van der Waals surface area contributed by atoms with E-state index in [0.717, 1.165) is 32.0 Å². The minimum absolute atomic E-state index is 0. The van der Waals surface area contributed by atoms with Crippen LogP contribution in [0.15, 0.2) is 24.3 Å². The van der Waals surface area contributed by atoms with E-state index in [9.17, 15) is 18.0 Å². The number of nitrogens with one attached hydrogen (secondary N) is 1. The molecule has 0 atom stereocenters. The van der Waals surface area contributed by atoms with Gasteiger partial charge in [0.15, 0.2) is 0 Å². The first-order valence-corrected chi connectivity index (χ1v) is 6.70. The van der Waals surface area contributed by atoms with Crippen molar-refractivity contribution >= 4 is 18.3 Å². The second-order valence-electron chi connectivity index (χ2n) is 4.97. The van der Waals surface area contributed by atoms with Crippen molar-refractivity contribution in [2.45, 2.75) is 25.2 Å². The Morgan fingerprint density at radius 2 is 1.95 bits per heavy atom.